The molecule has 0 aliphatic rings. The second-order valence-corrected chi connectivity index (χ2v) is 6.11. The number of hydrogen-bond donors (Lipinski definition) is 1. The molecule has 1 unspecified atom stereocenters. The van der Waals surface area contributed by atoms with Crippen molar-refractivity contribution in [3.05, 3.63) is 35.4 Å². The number of hydrogen-bond acceptors (Lipinski definition) is 3. The summed E-state index contributed by atoms with van der Waals surface area (Å²) in [4.78, 5) is 2.31. The predicted molar refractivity (Wildman–Crippen MR) is 90.8 cm³/mol. The van der Waals surface area contributed by atoms with Gasteiger partial charge in [-0.15, -0.1) is 0 Å². The molecule has 0 fully saturated rings. The third kappa shape index (κ3) is 7.60. The lowest BCUT2D eigenvalue weighted by Gasteiger charge is -2.18. The van der Waals surface area contributed by atoms with Crippen molar-refractivity contribution < 1.29 is 4.74 Å². The molecule has 0 amide bonds. The van der Waals surface area contributed by atoms with Crippen molar-refractivity contribution in [3.63, 3.8) is 0 Å². The Bertz CT molecular complexity index is 375. The summed E-state index contributed by atoms with van der Waals surface area (Å²) in [6.45, 7) is 13.4. The summed E-state index contributed by atoms with van der Waals surface area (Å²) in [7, 11) is 2.14. The van der Waals surface area contributed by atoms with Crippen LogP contribution >= 0.6 is 0 Å². The molecule has 0 bridgehead atoms. The third-order valence-electron chi connectivity index (χ3n) is 3.63. The van der Waals surface area contributed by atoms with E-state index in [-0.39, 0.29) is 0 Å². The van der Waals surface area contributed by atoms with E-state index in [1.807, 2.05) is 0 Å². The Labute approximate surface area is 130 Å². The molecule has 3 nitrogen and oxygen atoms in total. The van der Waals surface area contributed by atoms with Crippen LogP contribution in [0.1, 0.15) is 44.7 Å². The van der Waals surface area contributed by atoms with Crippen molar-refractivity contribution in [2.24, 2.45) is 0 Å². The van der Waals surface area contributed by atoms with Crippen LogP contribution in [0.2, 0.25) is 0 Å². The van der Waals surface area contributed by atoms with Crippen LogP contribution in [0, 0.1) is 0 Å². The van der Waals surface area contributed by atoms with Crippen LogP contribution < -0.4 is 5.32 Å². The maximum atomic E-state index is 5.59. The third-order valence-corrected chi connectivity index (χ3v) is 3.63. The SMILES string of the molecule is CCNCC(C)c1ccc(CN(C)CCOC(C)C)cc1. The highest BCUT2D eigenvalue weighted by Gasteiger charge is 2.06. The Morgan fingerprint density at radius 3 is 2.38 bits per heavy atom. The quantitative estimate of drug-likeness (QED) is 0.716. The first-order valence-electron chi connectivity index (χ1n) is 8.12. The van der Waals surface area contributed by atoms with Gasteiger partial charge in [0.1, 0.15) is 0 Å². The van der Waals surface area contributed by atoms with Gasteiger partial charge in [0.05, 0.1) is 12.7 Å². The Morgan fingerprint density at radius 2 is 1.81 bits per heavy atom. The van der Waals surface area contributed by atoms with Gasteiger partial charge in [0, 0.05) is 19.6 Å². The Hall–Kier alpha value is -0.900. The van der Waals surface area contributed by atoms with Gasteiger partial charge in [-0.2, -0.15) is 0 Å². The van der Waals surface area contributed by atoms with Crippen LogP contribution in [-0.2, 0) is 11.3 Å². The van der Waals surface area contributed by atoms with Gasteiger partial charge in [-0.05, 0) is 44.5 Å². The average Bonchev–Trinajstić information content (AvgIpc) is 2.45. The molecule has 0 radical (unpaired) electrons. The van der Waals surface area contributed by atoms with Gasteiger partial charge in [0.15, 0.2) is 0 Å². The Morgan fingerprint density at radius 1 is 1.14 bits per heavy atom. The molecule has 0 spiro atoms. The normalized spacial score (nSPS) is 13.1. The van der Waals surface area contributed by atoms with Crippen molar-refractivity contribution in [2.45, 2.75) is 46.3 Å². The molecule has 0 aromatic heterocycles. The van der Waals surface area contributed by atoms with E-state index in [1.165, 1.54) is 11.1 Å². The van der Waals surface area contributed by atoms with Crippen molar-refractivity contribution in [2.75, 3.05) is 33.3 Å². The summed E-state index contributed by atoms with van der Waals surface area (Å²) in [5, 5.41) is 3.40. The van der Waals surface area contributed by atoms with Crippen LogP contribution in [-0.4, -0.2) is 44.3 Å². The molecule has 0 saturated carbocycles. The fraction of sp³-hybridized carbons (Fsp3) is 0.667. The lowest BCUT2D eigenvalue weighted by atomic mass is 9.99. The van der Waals surface area contributed by atoms with E-state index in [0.717, 1.165) is 32.8 Å². The van der Waals surface area contributed by atoms with E-state index in [2.05, 4.69) is 69.2 Å². The second kappa shape index (κ2) is 9.93. The summed E-state index contributed by atoms with van der Waals surface area (Å²) in [5.41, 5.74) is 2.77. The van der Waals surface area contributed by atoms with Gasteiger partial charge >= 0.3 is 0 Å². The van der Waals surface area contributed by atoms with Crippen molar-refractivity contribution >= 4 is 0 Å². The van der Waals surface area contributed by atoms with Crippen LogP contribution in [0.4, 0.5) is 0 Å². The minimum absolute atomic E-state index is 0.316. The van der Waals surface area contributed by atoms with E-state index >= 15 is 0 Å². The van der Waals surface area contributed by atoms with Gasteiger partial charge in [-0.3, -0.25) is 4.90 Å². The minimum Gasteiger partial charge on any atom is -0.377 e. The second-order valence-electron chi connectivity index (χ2n) is 6.11. The fourth-order valence-corrected chi connectivity index (χ4v) is 2.27. The zero-order valence-corrected chi connectivity index (χ0v) is 14.4. The summed E-state index contributed by atoms with van der Waals surface area (Å²) >= 11 is 0. The molecule has 0 aliphatic heterocycles. The van der Waals surface area contributed by atoms with Gasteiger partial charge < -0.3 is 10.1 Å². The molecule has 120 valence electrons. The number of nitrogens with one attached hydrogen (secondary N) is 1. The van der Waals surface area contributed by atoms with Crippen molar-refractivity contribution in [1.29, 1.82) is 0 Å². The minimum atomic E-state index is 0.316. The largest absolute Gasteiger partial charge is 0.377 e. The molecule has 3 heteroatoms. The zero-order valence-electron chi connectivity index (χ0n) is 14.4. The number of likely N-dealkylation sites (N-methyl/N-ethyl adjacent to an activating group) is 2. The molecule has 21 heavy (non-hydrogen) atoms. The van der Waals surface area contributed by atoms with E-state index in [4.69, 9.17) is 4.74 Å². The highest BCUT2D eigenvalue weighted by molar-refractivity contribution is 5.25. The van der Waals surface area contributed by atoms with E-state index in [1.54, 1.807) is 0 Å². The predicted octanol–water partition coefficient (Wildman–Crippen LogP) is 3.26. The van der Waals surface area contributed by atoms with Crippen molar-refractivity contribution in [1.82, 2.24) is 10.2 Å². The molecule has 0 aliphatic carbocycles. The number of rotatable bonds is 10. The molecular formula is C18H32N2O. The maximum Gasteiger partial charge on any atom is 0.0596 e. The molecular weight excluding hydrogens is 260 g/mol. The lowest BCUT2D eigenvalue weighted by Crippen LogP contribution is -2.24. The topological polar surface area (TPSA) is 24.5 Å². The standard InChI is InChI=1S/C18H32N2O/c1-6-19-13-16(4)18-9-7-17(8-10-18)14-20(5)11-12-21-15(2)3/h7-10,15-16,19H,6,11-14H2,1-5H3. The molecule has 1 aromatic carbocycles. The van der Waals surface area contributed by atoms with Crippen LogP contribution in [0.3, 0.4) is 0 Å². The van der Waals surface area contributed by atoms with Crippen LogP contribution in [0.5, 0.6) is 0 Å². The Balaban J connectivity index is 2.39. The number of nitrogens with zero attached hydrogens (tertiary/aromatic N) is 1. The summed E-state index contributed by atoms with van der Waals surface area (Å²) in [6.07, 6.45) is 0.316. The number of benzene rings is 1. The first-order chi connectivity index (χ1) is 10.0. The highest BCUT2D eigenvalue weighted by atomic mass is 16.5. The molecule has 1 rings (SSSR count). The monoisotopic (exact) mass is 292 g/mol. The first kappa shape index (κ1) is 18.1. The van der Waals surface area contributed by atoms with Gasteiger partial charge in [-0.25, -0.2) is 0 Å². The van der Waals surface area contributed by atoms with Gasteiger partial charge in [0.2, 0.25) is 0 Å². The molecule has 0 saturated heterocycles. The highest BCUT2D eigenvalue weighted by Crippen LogP contribution is 2.15. The average molecular weight is 292 g/mol. The molecule has 1 N–H and O–H groups in total. The van der Waals surface area contributed by atoms with Gasteiger partial charge in [0.25, 0.3) is 0 Å². The zero-order chi connectivity index (χ0) is 15.7. The molecule has 1 atom stereocenters. The van der Waals surface area contributed by atoms with E-state index < -0.39 is 0 Å². The lowest BCUT2D eigenvalue weighted by molar-refractivity contribution is 0.0627. The summed E-state index contributed by atoms with van der Waals surface area (Å²) < 4.78 is 5.59. The molecule has 0 heterocycles. The van der Waals surface area contributed by atoms with E-state index in [9.17, 15) is 0 Å². The Kier molecular flexibility index (Phi) is 8.58. The van der Waals surface area contributed by atoms with Gasteiger partial charge in [-0.1, -0.05) is 38.1 Å². The van der Waals surface area contributed by atoms with Crippen LogP contribution in [0.15, 0.2) is 24.3 Å². The van der Waals surface area contributed by atoms with Crippen molar-refractivity contribution in [3.8, 4) is 0 Å². The van der Waals surface area contributed by atoms with E-state index in [0.29, 0.717) is 12.0 Å². The number of ether oxygens (including phenoxy) is 1. The first-order valence-corrected chi connectivity index (χ1v) is 8.12. The fourth-order valence-electron chi connectivity index (χ4n) is 2.27. The summed E-state index contributed by atoms with van der Waals surface area (Å²) in [6, 6.07) is 9.01. The molecule has 1 aromatic rings. The maximum absolute atomic E-state index is 5.59. The smallest absolute Gasteiger partial charge is 0.0596 e. The summed E-state index contributed by atoms with van der Waals surface area (Å²) in [5.74, 6) is 0.566. The van der Waals surface area contributed by atoms with Crippen LogP contribution in [0.25, 0.3) is 0 Å².